The van der Waals surface area contributed by atoms with Crippen LogP contribution in [-0.4, -0.2) is 19.7 Å². The predicted octanol–water partition coefficient (Wildman–Crippen LogP) is 10.6. The molecule has 4 nitrogen and oxygen atoms in total. The van der Waals surface area contributed by atoms with Gasteiger partial charge in [0.25, 0.3) is 0 Å². The van der Waals surface area contributed by atoms with Crippen molar-refractivity contribution in [1.29, 1.82) is 0 Å². The summed E-state index contributed by atoms with van der Waals surface area (Å²) in [4.78, 5) is 5.44. The molecule has 1 spiro atoms. The van der Waals surface area contributed by atoms with E-state index in [1.165, 1.54) is 55.2 Å². The monoisotopic (exact) mass is 636 g/mol. The fourth-order valence-corrected chi connectivity index (χ4v) is 8.84. The van der Waals surface area contributed by atoms with Crippen LogP contribution < -0.4 is 0 Å². The molecule has 0 fully saturated rings. The van der Waals surface area contributed by atoms with Crippen molar-refractivity contribution in [2.24, 2.45) is 0 Å². The maximum Gasteiger partial charge on any atom is 0.182 e. The van der Waals surface area contributed by atoms with Gasteiger partial charge in [-0.05, 0) is 39.9 Å². The highest BCUT2D eigenvalue weighted by molar-refractivity contribution is 6.13. The number of hydrogen-bond acceptors (Lipinski definition) is 3. The number of hydrogen-bond donors (Lipinski definition) is 0. The quantitative estimate of drug-likeness (QED) is 0.194. The van der Waals surface area contributed by atoms with Crippen molar-refractivity contribution < 1.29 is 0 Å². The number of fused-ring (bicyclic) bond motifs is 12. The zero-order valence-electron chi connectivity index (χ0n) is 27.0. The molecule has 3 heterocycles. The SMILES string of the molecule is c1ccc(-c2nnc(-c3cccc4c3C3(c5ccccc5-c5ccccc53)c3cccc5c6ccccc6n-4c35)nc2-c2ccccc2)cc1. The largest absolute Gasteiger partial charge is 0.309 e. The van der Waals surface area contributed by atoms with E-state index in [0.717, 1.165) is 33.8 Å². The summed E-state index contributed by atoms with van der Waals surface area (Å²) in [5.74, 6) is 0.605. The van der Waals surface area contributed by atoms with Crippen LogP contribution in [0.25, 0.3) is 72.5 Å². The lowest BCUT2D eigenvalue weighted by Crippen LogP contribution is -2.34. The van der Waals surface area contributed by atoms with Gasteiger partial charge in [0.05, 0.1) is 22.1 Å². The third-order valence-electron chi connectivity index (χ3n) is 10.7. The molecule has 2 aromatic heterocycles. The van der Waals surface area contributed by atoms with E-state index in [9.17, 15) is 0 Å². The van der Waals surface area contributed by atoms with Crippen LogP contribution in [-0.2, 0) is 5.41 Å². The Morgan fingerprint density at radius 2 is 0.980 bits per heavy atom. The van der Waals surface area contributed by atoms with Gasteiger partial charge in [0, 0.05) is 33.0 Å². The molecule has 4 heteroatoms. The standard InChI is InChI=1S/C46H28N4/c1-3-15-29(16-4-1)42-43(30-17-5-2-6-18-30)48-49-45(47-42)35-23-14-28-40-41(35)46(36-24-10-7-19-31(36)32-20-8-11-25-37(32)46)38-26-13-22-34-33-21-9-12-27-39(33)50(40)44(34)38/h1-28H. The van der Waals surface area contributed by atoms with Crippen LogP contribution in [0.4, 0.5) is 0 Å². The van der Waals surface area contributed by atoms with E-state index in [4.69, 9.17) is 15.2 Å². The first kappa shape index (κ1) is 27.3. The van der Waals surface area contributed by atoms with Gasteiger partial charge in [-0.15, -0.1) is 10.2 Å². The molecule has 0 radical (unpaired) electrons. The molecule has 0 atom stereocenters. The molecule has 1 aliphatic carbocycles. The maximum atomic E-state index is 5.44. The topological polar surface area (TPSA) is 43.6 Å². The summed E-state index contributed by atoms with van der Waals surface area (Å²) in [6.07, 6.45) is 0. The van der Waals surface area contributed by atoms with Crippen LogP contribution in [0.15, 0.2) is 170 Å². The molecule has 232 valence electrons. The molecule has 0 unspecified atom stereocenters. The highest BCUT2D eigenvalue weighted by Gasteiger charge is 2.52. The Kier molecular flexibility index (Phi) is 5.56. The third-order valence-corrected chi connectivity index (χ3v) is 10.7. The van der Waals surface area contributed by atoms with E-state index >= 15 is 0 Å². The molecule has 0 saturated heterocycles. The van der Waals surface area contributed by atoms with Crippen molar-refractivity contribution in [2.45, 2.75) is 5.41 Å². The summed E-state index contributed by atoms with van der Waals surface area (Å²) in [5.41, 5.74) is 15.0. The first-order valence-electron chi connectivity index (χ1n) is 17.1. The van der Waals surface area contributed by atoms with Crippen LogP contribution in [0.3, 0.4) is 0 Å². The molecule has 11 rings (SSSR count). The Balaban J connectivity index is 1.31. The molecule has 0 bridgehead atoms. The minimum absolute atomic E-state index is 0.605. The van der Waals surface area contributed by atoms with E-state index in [0.29, 0.717) is 5.82 Å². The molecular formula is C46H28N4. The normalized spacial score (nSPS) is 13.4. The second kappa shape index (κ2) is 10.2. The third kappa shape index (κ3) is 3.47. The Morgan fingerprint density at radius 3 is 1.72 bits per heavy atom. The number of rotatable bonds is 3. The number of nitrogens with zero attached hydrogens (tertiary/aromatic N) is 4. The van der Waals surface area contributed by atoms with E-state index in [1.807, 2.05) is 24.3 Å². The van der Waals surface area contributed by atoms with E-state index in [-0.39, 0.29) is 0 Å². The zero-order valence-corrected chi connectivity index (χ0v) is 27.0. The van der Waals surface area contributed by atoms with E-state index in [2.05, 4.69) is 150 Å². The van der Waals surface area contributed by atoms with Crippen molar-refractivity contribution in [1.82, 2.24) is 19.7 Å². The molecule has 7 aromatic carbocycles. The first-order chi connectivity index (χ1) is 24.8. The predicted molar refractivity (Wildman–Crippen MR) is 201 cm³/mol. The molecule has 0 amide bonds. The van der Waals surface area contributed by atoms with Crippen LogP contribution in [0, 0.1) is 0 Å². The molecule has 0 N–H and O–H groups in total. The summed E-state index contributed by atoms with van der Waals surface area (Å²) < 4.78 is 2.47. The Morgan fingerprint density at radius 1 is 0.420 bits per heavy atom. The Labute approximate surface area is 289 Å². The van der Waals surface area contributed by atoms with Crippen molar-refractivity contribution in [3.63, 3.8) is 0 Å². The molecule has 1 aliphatic heterocycles. The highest BCUT2D eigenvalue weighted by Crippen LogP contribution is 2.62. The van der Waals surface area contributed by atoms with Gasteiger partial charge in [-0.3, -0.25) is 0 Å². The first-order valence-corrected chi connectivity index (χ1v) is 17.1. The average molecular weight is 637 g/mol. The van der Waals surface area contributed by atoms with Gasteiger partial charge in [-0.1, -0.05) is 158 Å². The van der Waals surface area contributed by atoms with Crippen LogP contribution in [0.1, 0.15) is 22.3 Å². The lowest BCUT2D eigenvalue weighted by molar-refractivity contribution is 0.748. The highest BCUT2D eigenvalue weighted by atomic mass is 15.2. The lowest BCUT2D eigenvalue weighted by Gasteiger charge is -2.40. The fraction of sp³-hybridized carbons (Fsp3) is 0.0217. The summed E-state index contributed by atoms with van der Waals surface area (Å²) in [6.45, 7) is 0. The second-order valence-electron chi connectivity index (χ2n) is 13.2. The Bertz CT molecular complexity index is 2770. The Hall–Kier alpha value is -6.65. The minimum atomic E-state index is -0.614. The lowest BCUT2D eigenvalue weighted by atomic mass is 9.64. The van der Waals surface area contributed by atoms with Crippen molar-refractivity contribution >= 4 is 21.8 Å². The smallest absolute Gasteiger partial charge is 0.182 e. The van der Waals surface area contributed by atoms with Crippen LogP contribution in [0.5, 0.6) is 0 Å². The van der Waals surface area contributed by atoms with Gasteiger partial charge in [-0.2, -0.15) is 0 Å². The minimum Gasteiger partial charge on any atom is -0.309 e. The average Bonchev–Trinajstić information content (AvgIpc) is 3.69. The summed E-state index contributed by atoms with van der Waals surface area (Å²) in [7, 11) is 0. The van der Waals surface area contributed by atoms with Crippen molar-refractivity contribution in [2.75, 3.05) is 0 Å². The fourth-order valence-electron chi connectivity index (χ4n) is 8.84. The molecular weight excluding hydrogens is 609 g/mol. The number of para-hydroxylation sites is 2. The van der Waals surface area contributed by atoms with Gasteiger partial charge in [-0.25, -0.2) is 4.98 Å². The van der Waals surface area contributed by atoms with Gasteiger partial charge in [0.15, 0.2) is 5.82 Å². The van der Waals surface area contributed by atoms with Crippen LogP contribution >= 0.6 is 0 Å². The number of benzene rings is 7. The molecule has 50 heavy (non-hydrogen) atoms. The van der Waals surface area contributed by atoms with E-state index < -0.39 is 5.41 Å². The summed E-state index contributed by atoms with van der Waals surface area (Å²) in [5, 5.41) is 12.4. The van der Waals surface area contributed by atoms with Gasteiger partial charge < -0.3 is 4.57 Å². The second-order valence-corrected chi connectivity index (χ2v) is 13.2. The number of aromatic nitrogens is 4. The zero-order chi connectivity index (χ0) is 32.8. The molecule has 2 aliphatic rings. The molecule has 0 saturated carbocycles. The maximum absolute atomic E-state index is 5.44. The van der Waals surface area contributed by atoms with Gasteiger partial charge in [0.1, 0.15) is 11.4 Å². The molecule has 9 aromatic rings. The van der Waals surface area contributed by atoms with Crippen molar-refractivity contribution in [3.8, 4) is 50.7 Å². The summed E-state index contributed by atoms with van der Waals surface area (Å²) >= 11 is 0. The summed E-state index contributed by atoms with van der Waals surface area (Å²) in [6, 6.07) is 60.7. The van der Waals surface area contributed by atoms with Crippen molar-refractivity contribution in [3.05, 3.63) is 192 Å². The van der Waals surface area contributed by atoms with E-state index in [1.54, 1.807) is 0 Å². The van der Waals surface area contributed by atoms with Gasteiger partial charge in [0.2, 0.25) is 0 Å². The van der Waals surface area contributed by atoms with Gasteiger partial charge >= 0.3 is 0 Å². The van der Waals surface area contributed by atoms with Crippen LogP contribution in [0.2, 0.25) is 0 Å².